The largest absolute Gasteiger partial charge is 0.445 e. The summed E-state index contributed by atoms with van der Waals surface area (Å²) >= 11 is 1.48. The van der Waals surface area contributed by atoms with Gasteiger partial charge in [-0.25, -0.2) is 19.7 Å². The summed E-state index contributed by atoms with van der Waals surface area (Å²) in [6.45, 7) is 2.04. The highest BCUT2D eigenvalue weighted by molar-refractivity contribution is 7.99. The summed E-state index contributed by atoms with van der Waals surface area (Å²) in [5.41, 5.74) is 3.50. The second kappa shape index (κ2) is 14.9. The van der Waals surface area contributed by atoms with Crippen LogP contribution in [-0.4, -0.2) is 50.9 Å². The third-order valence-corrected chi connectivity index (χ3v) is 9.06. The normalized spacial score (nSPS) is 22.7. The van der Waals surface area contributed by atoms with Gasteiger partial charge >= 0.3 is 6.09 Å². The molecule has 1 aromatic heterocycles. The van der Waals surface area contributed by atoms with Crippen molar-refractivity contribution in [1.82, 2.24) is 15.3 Å². The number of amides is 3. The molecule has 3 heterocycles. The van der Waals surface area contributed by atoms with Gasteiger partial charge in [0, 0.05) is 29.6 Å². The number of hydrogen-bond acceptors (Lipinski definition) is 10. The van der Waals surface area contributed by atoms with Crippen molar-refractivity contribution in [2.24, 2.45) is 5.92 Å². The third kappa shape index (κ3) is 7.68. The minimum absolute atomic E-state index is 0.0394. The predicted octanol–water partition coefficient (Wildman–Crippen LogP) is 5.11. The first-order valence-electron chi connectivity index (χ1n) is 15.2. The van der Waals surface area contributed by atoms with Crippen molar-refractivity contribution in [3.05, 3.63) is 120 Å². The standard InChI is InChI=1S/C35H34N4O7S/c1-22-29(21-47-34-36-15-6-16-37-34)45-33(46-31(22)25-13-11-23(19-40)12-14-25)26-9-5-10-27(17-26)39-30(41)18-28(32(39)42)38-35(43)44-20-24-7-3-2-4-8-24/h2-17,22,28-29,31,33,40H,18-21H2,1H3,(H,38,43)/t22-,28?,29+,31+,33+/m0/s1. The number of nitrogens with one attached hydrogen (secondary N) is 1. The Balaban J connectivity index is 1.18. The fourth-order valence-electron chi connectivity index (χ4n) is 5.56. The number of aromatic nitrogens is 2. The number of carbonyl (C=O) groups excluding carboxylic acids is 3. The second-order valence-electron chi connectivity index (χ2n) is 11.3. The van der Waals surface area contributed by atoms with Gasteiger partial charge in [-0.15, -0.1) is 0 Å². The molecule has 0 radical (unpaired) electrons. The van der Waals surface area contributed by atoms with E-state index in [2.05, 4.69) is 22.2 Å². The van der Waals surface area contributed by atoms with Crippen LogP contribution in [0.5, 0.6) is 0 Å². The van der Waals surface area contributed by atoms with Crippen LogP contribution in [0.15, 0.2) is 102 Å². The Morgan fingerprint density at radius 1 is 0.957 bits per heavy atom. The molecular weight excluding hydrogens is 620 g/mol. The molecule has 11 nitrogen and oxygen atoms in total. The molecule has 0 bridgehead atoms. The molecule has 2 aliphatic rings. The minimum atomic E-state index is -1.05. The zero-order valence-electron chi connectivity index (χ0n) is 25.6. The SMILES string of the molecule is C[C@H]1[C@@H](CSc2ncccn2)O[C@@H](c2cccc(N3C(=O)CC(NC(=O)OCc4ccccc4)C3=O)c2)O[C@H]1c1ccc(CO)cc1. The van der Waals surface area contributed by atoms with E-state index < -0.39 is 30.2 Å². The number of benzene rings is 3. The number of carbonyl (C=O) groups is 3. The summed E-state index contributed by atoms with van der Waals surface area (Å²) in [6, 6.07) is 24.4. The average molecular weight is 655 g/mol. The number of hydrogen-bond donors (Lipinski definition) is 2. The lowest BCUT2D eigenvalue weighted by molar-refractivity contribution is -0.268. The molecule has 1 unspecified atom stereocenters. The van der Waals surface area contributed by atoms with Gasteiger partial charge in [-0.05, 0) is 34.9 Å². The molecule has 2 fully saturated rings. The summed E-state index contributed by atoms with van der Waals surface area (Å²) in [4.78, 5) is 48.6. The highest BCUT2D eigenvalue weighted by Crippen LogP contribution is 2.43. The van der Waals surface area contributed by atoms with E-state index in [9.17, 15) is 19.5 Å². The van der Waals surface area contributed by atoms with E-state index in [4.69, 9.17) is 14.2 Å². The van der Waals surface area contributed by atoms with Gasteiger partial charge in [-0.1, -0.05) is 85.4 Å². The Morgan fingerprint density at radius 3 is 2.47 bits per heavy atom. The van der Waals surface area contributed by atoms with Gasteiger partial charge in [0.05, 0.1) is 30.9 Å². The summed E-state index contributed by atoms with van der Waals surface area (Å²) in [5.74, 6) is -0.492. The molecular formula is C35H34N4O7S. The van der Waals surface area contributed by atoms with Gasteiger partial charge in [0.25, 0.3) is 5.91 Å². The van der Waals surface area contributed by atoms with E-state index >= 15 is 0 Å². The van der Waals surface area contributed by atoms with E-state index in [-0.39, 0.29) is 37.8 Å². The molecule has 12 heteroatoms. The third-order valence-electron chi connectivity index (χ3n) is 8.09. The maximum atomic E-state index is 13.4. The molecule has 0 spiro atoms. The molecule has 5 atom stereocenters. The van der Waals surface area contributed by atoms with E-state index in [1.807, 2.05) is 60.7 Å². The van der Waals surface area contributed by atoms with Crippen LogP contribution in [0.1, 0.15) is 48.0 Å². The lowest BCUT2D eigenvalue weighted by Crippen LogP contribution is -2.42. The molecule has 47 heavy (non-hydrogen) atoms. The van der Waals surface area contributed by atoms with Crippen molar-refractivity contribution in [1.29, 1.82) is 0 Å². The fourth-order valence-corrected chi connectivity index (χ4v) is 6.53. The molecule has 6 rings (SSSR count). The van der Waals surface area contributed by atoms with Gasteiger partial charge in [-0.3, -0.25) is 9.59 Å². The highest BCUT2D eigenvalue weighted by Gasteiger charge is 2.42. The number of alkyl carbamates (subject to hydrolysis) is 1. The molecule has 2 N–H and O–H groups in total. The van der Waals surface area contributed by atoms with Crippen LogP contribution >= 0.6 is 11.8 Å². The molecule has 2 saturated heterocycles. The Kier molecular flexibility index (Phi) is 10.2. The maximum absolute atomic E-state index is 13.4. The van der Waals surface area contributed by atoms with Crippen LogP contribution in [0, 0.1) is 5.92 Å². The number of aliphatic hydroxyl groups is 1. The Hall–Kier alpha value is -4.62. The molecule has 0 saturated carbocycles. The minimum Gasteiger partial charge on any atom is -0.445 e. The Morgan fingerprint density at radius 2 is 1.72 bits per heavy atom. The van der Waals surface area contributed by atoms with Crippen molar-refractivity contribution in [3.63, 3.8) is 0 Å². The van der Waals surface area contributed by atoms with E-state index in [0.29, 0.717) is 22.2 Å². The Bertz CT molecular complexity index is 1690. The van der Waals surface area contributed by atoms with Crippen LogP contribution in [0.4, 0.5) is 10.5 Å². The van der Waals surface area contributed by atoms with Crippen LogP contribution in [0.2, 0.25) is 0 Å². The maximum Gasteiger partial charge on any atom is 0.408 e. The molecule has 3 aromatic carbocycles. The topological polar surface area (TPSA) is 140 Å². The fraction of sp³-hybridized carbons (Fsp3) is 0.286. The van der Waals surface area contributed by atoms with Gasteiger partial charge in [0.2, 0.25) is 5.91 Å². The monoisotopic (exact) mass is 654 g/mol. The number of ether oxygens (including phenoxy) is 3. The number of anilines is 1. The number of rotatable bonds is 10. The van der Waals surface area contributed by atoms with E-state index in [1.165, 1.54) is 11.8 Å². The quantitative estimate of drug-likeness (QED) is 0.135. The van der Waals surface area contributed by atoms with Crippen molar-refractivity contribution in [2.75, 3.05) is 10.7 Å². The van der Waals surface area contributed by atoms with Crippen molar-refractivity contribution in [2.45, 2.75) is 56.3 Å². The van der Waals surface area contributed by atoms with Crippen LogP contribution in [0.25, 0.3) is 0 Å². The number of imide groups is 1. The molecule has 4 aromatic rings. The van der Waals surface area contributed by atoms with Crippen LogP contribution in [0.3, 0.4) is 0 Å². The predicted molar refractivity (Wildman–Crippen MR) is 173 cm³/mol. The smallest absolute Gasteiger partial charge is 0.408 e. The number of thioether (sulfide) groups is 1. The summed E-state index contributed by atoms with van der Waals surface area (Å²) < 4.78 is 18.3. The van der Waals surface area contributed by atoms with Gasteiger partial charge < -0.3 is 24.6 Å². The van der Waals surface area contributed by atoms with Gasteiger partial charge in [-0.2, -0.15) is 0 Å². The zero-order chi connectivity index (χ0) is 32.8. The molecule has 3 amide bonds. The number of aliphatic hydroxyl groups excluding tert-OH is 1. The zero-order valence-corrected chi connectivity index (χ0v) is 26.4. The van der Waals surface area contributed by atoms with Gasteiger partial charge in [0.15, 0.2) is 11.4 Å². The summed E-state index contributed by atoms with van der Waals surface area (Å²) in [5, 5.41) is 12.7. The van der Waals surface area contributed by atoms with Crippen LogP contribution < -0.4 is 10.2 Å². The van der Waals surface area contributed by atoms with Crippen molar-refractivity contribution >= 4 is 35.4 Å². The highest BCUT2D eigenvalue weighted by atomic mass is 32.2. The van der Waals surface area contributed by atoms with Crippen molar-refractivity contribution < 1.29 is 33.7 Å². The van der Waals surface area contributed by atoms with Gasteiger partial charge in [0.1, 0.15) is 12.6 Å². The van der Waals surface area contributed by atoms with Crippen LogP contribution in [-0.2, 0) is 37.0 Å². The summed E-state index contributed by atoms with van der Waals surface area (Å²) in [6.07, 6.45) is 0.986. The Labute approximate surface area is 276 Å². The first-order chi connectivity index (χ1) is 22.9. The second-order valence-corrected chi connectivity index (χ2v) is 12.3. The number of nitrogens with zero attached hydrogens (tertiary/aromatic N) is 3. The first kappa shape index (κ1) is 32.3. The first-order valence-corrected chi connectivity index (χ1v) is 16.2. The average Bonchev–Trinajstić information content (AvgIpc) is 3.39. The lowest BCUT2D eigenvalue weighted by Gasteiger charge is -2.41. The van der Waals surface area contributed by atoms with E-state index in [0.717, 1.165) is 21.6 Å². The van der Waals surface area contributed by atoms with Crippen molar-refractivity contribution in [3.8, 4) is 0 Å². The molecule has 2 aliphatic heterocycles. The van der Waals surface area contributed by atoms with E-state index in [1.54, 1.807) is 36.7 Å². The molecule has 0 aliphatic carbocycles. The summed E-state index contributed by atoms with van der Waals surface area (Å²) in [7, 11) is 0. The lowest BCUT2D eigenvalue weighted by atomic mass is 9.91. The molecule has 242 valence electrons.